The Hall–Kier alpha value is -1.42. The first-order chi connectivity index (χ1) is 12.9. The number of rotatable bonds is 4. The van der Waals surface area contributed by atoms with Gasteiger partial charge in [-0.1, -0.05) is 6.07 Å². The summed E-state index contributed by atoms with van der Waals surface area (Å²) in [4.78, 5) is 20.3. The maximum Gasteiger partial charge on any atom is 0.220 e. The number of carbonyl (C=O) groups is 1. The van der Waals surface area contributed by atoms with Crippen LogP contribution < -0.4 is 10.6 Å². The first kappa shape index (κ1) is 22.9. The van der Waals surface area contributed by atoms with Crippen LogP contribution in [0.15, 0.2) is 23.2 Å². The smallest absolute Gasteiger partial charge is 0.220 e. The molecule has 1 unspecified atom stereocenters. The summed E-state index contributed by atoms with van der Waals surface area (Å²) in [5.74, 6) is 0.819. The Balaban J connectivity index is 0.00000280. The molecule has 0 bridgehead atoms. The quantitative estimate of drug-likeness (QED) is 0.376. The lowest BCUT2D eigenvalue weighted by atomic mass is 9.79. The van der Waals surface area contributed by atoms with Gasteiger partial charge in [-0.25, -0.2) is 4.39 Å². The Morgan fingerprint density at radius 3 is 2.86 bits per heavy atom. The molecule has 2 fully saturated rings. The van der Waals surface area contributed by atoms with E-state index in [-0.39, 0.29) is 41.1 Å². The lowest BCUT2D eigenvalue weighted by molar-refractivity contribution is -0.119. The van der Waals surface area contributed by atoms with Crippen molar-refractivity contribution in [3.05, 3.63) is 35.1 Å². The molecule has 2 N–H and O–H groups in total. The summed E-state index contributed by atoms with van der Waals surface area (Å²) in [6.45, 7) is 3.69. The van der Waals surface area contributed by atoms with Gasteiger partial charge in [-0.3, -0.25) is 9.79 Å². The van der Waals surface area contributed by atoms with E-state index in [0.29, 0.717) is 25.1 Å². The topological polar surface area (TPSA) is 60.0 Å². The molecule has 1 spiro atoms. The first-order valence-corrected chi connectivity index (χ1v) is 9.55. The average Bonchev–Trinajstić information content (AvgIpc) is 2.97. The molecular formula is C20H31FIN5O. The van der Waals surface area contributed by atoms with Gasteiger partial charge in [0.25, 0.3) is 0 Å². The SMILES string of the molecule is CN=C(NCc1ccc(F)c(CN(C)C)c1)N1CCCC2(CNC(=O)C2)C1.I. The molecule has 3 rings (SSSR count). The fraction of sp³-hybridized carbons (Fsp3) is 0.600. The second kappa shape index (κ2) is 9.87. The number of carbonyl (C=O) groups excluding carboxylic acids is 1. The zero-order chi connectivity index (χ0) is 19.4. The van der Waals surface area contributed by atoms with Crippen LogP contribution in [0.25, 0.3) is 0 Å². The molecule has 0 radical (unpaired) electrons. The fourth-order valence-electron chi connectivity index (χ4n) is 4.14. The van der Waals surface area contributed by atoms with Crippen molar-refractivity contribution in [3.63, 3.8) is 0 Å². The fourth-order valence-corrected chi connectivity index (χ4v) is 4.14. The van der Waals surface area contributed by atoms with E-state index in [1.807, 2.05) is 31.1 Å². The molecule has 1 atom stereocenters. The van der Waals surface area contributed by atoms with E-state index in [1.54, 1.807) is 7.05 Å². The van der Waals surface area contributed by atoms with Crippen molar-refractivity contribution in [2.75, 3.05) is 40.8 Å². The largest absolute Gasteiger partial charge is 0.355 e. The molecule has 0 saturated carbocycles. The summed E-state index contributed by atoms with van der Waals surface area (Å²) in [5.41, 5.74) is 1.75. The van der Waals surface area contributed by atoms with Crippen LogP contribution in [-0.2, 0) is 17.9 Å². The summed E-state index contributed by atoms with van der Waals surface area (Å²) in [7, 11) is 5.64. The Morgan fingerprint density at radius 1 is 1.43 bits per heavy atom. The van der Waals surface area contributed by atoms with E-state index >= 15 is 0 Å². The Kier molecular flexibility index (Phi) is 8.06. The zero-order valence-corrected chi connectivity index (χ0v) is 19.3. The minimum atomic E-state index is -0.173. The van der Waals surface area contributed by atoms with E-state index < -0.39 is 0 Å². The molecule has 2 aliphatic rings. The third-order valence-corrected chi connectivity index (χ3v) is 5.42. The van der Waals surface area contributed by atoms with Crippen molar-refractivity contribution < 1.29 is 9.18 Å². The highest BCUT2D eigenvalue weighted by Crippen LogP contribution is 2.36. The van der Waals surface area contributed by atoms with Crippen molar-refractivity contribution in [3.8, 4) is 0 Å². The number of aliphatic imine (C=N–C) groups is 1. The molecule has 1 aromatic carbocycles. The Labute approximate surface area is 184 Å². The van der Waals surface area contributed by atoms with Crippen molar-refractivity contribution in [2.24, 2.45) is 10.4 Å². The molecule has 8 heteroatoms. The third-order valence-electron chi connectivity index (χ3n) is 5.42. The molecule has 2 aliphatic heterocycles. The van der Waals surface area contributed by atoms with Crippen LogP contribution in [0.5, 0.6) is 0 Å². The summed E-state index contributed by atoms with van der Waals surface area (Å²) < 4.78 is 14.0. The van der Waals surface area contributed by atoms with E-state index in [9.17, 15) is 9.18 Å². The van der Waals surface area contributed by atoms with Crippen LogP contribution in [-0.4, -0.2) is 62.4 Å². The highest BCUT2D eigenvalue weighted by Gasteiger charge is 2.42. The van der Waals surface area contributed by atoms with Gasteiger partial charge < -0.3 is 20.4 Å². The average molecular weight is 503 g/mol. The Morgan fingerprint density at radius 2 is 2.21 bits per heavy atom. The van der Waals surface area contributed by atoms with Crippen LogP contribution in [0, 0.1) is 11.2 Å². The van der Waals surface area contributed by atoms with Crippen molar-refractivity contribution in [1.29, 1.82) is 0 Å². The van der Waals surface area contributed by atoms with Crippen LogP contribution in [0.4, 0.5) is 4.39 Å². The minimum absolute atomic E-state index is 0. The molecule has 0 aliphatic carbocycles. The molecule has 2 saturated heterocycles. The van der Waals surface area contributed by atoms with E-state index in [1.165, 1.54) is 6.07 Å². The van der Waals surface area contributed by atoms with Gasteiger partial charge in [-0.15, -0.1) is 24.0 Å². The molecule has 156 valence electrons. The van der Waals surface area contributed by atoms with Crippen LogP contribution in [0.1, 0.15) is 30.4 Å². The zero-order valence-electron chi connectivity index (χ0n) is 16.9. The molecule has 1 amide bonds. The lowest BCUT2D eigenvalue weighted by Gasteiger charge is -2.40. The van der Waals surface area contributed by atoms with Gasteiger partial charge in [0.1, 0.15) is 5.82 Å². The molecule has 0 aromatic heterocycles. The van der Waals surface area contributed by atoms with E-state index in [2.05, 4.69) is 20.5 Å². The van der Waals surface area contributed by atoms with Crippen LogP contribution >= 0.6 is 24.0 Å². The summed E-state index contributed by atoms with van der Waals surface area (Å²) in [6, 6.07) is 5.25. The summed E-state index contributed by atoms with van der Waals surface area (Å²) in [5, 5.41) is 6.38. The van der Waals surface area contributed by atoms with Gasteiger partial charge in [0.15, 0.2) is 5.96 Å². The van der Waals surface area contributed by atoms with Crippen molar-refractivity contribution >= 4 is 35.8 Å². The normalized spacial score (nSPS) is 22.4. The lowest BCUT2D eigenvalue weighted by Crippen LogP contribution is -2.51. The molecule has 2 heterocycles. The molecule has 6 nitrogen and oxygen atoms in total. The number of amides is 1. The predicted octanol–water partition coefficient (Wildman–Crippen LogP) is 2.18. The van der Waals surface area contributed by atoms with Crippen molar-refractivity contribution in [1.82, 2.24) is 20.4 Å². The predicted molar refractivity (Wildman–Crippen MR) is 120 cm³/mol. The van der Waals surface area contributed by atoms with Gasteiger partial charge in [0.05, 0.1) is 0 Å². The number of benzene rings is 1. The monoisotopic (exact) mass is 503 g/mol. The van der Waals surface area contributed by atoms with E-state index in [0.717, 1.165) is 44.0 Å². The van der Waals surface area contributed by atoms with Crippen LogP contribution in [0.2, 0.25) is 0 Å². The maximum atomic E-state index is 14.0. The number of guanidine groups is 1. The molecular weight excluding hydrogens is 472 g/mol. The van der Waals surface area contributed by atoms with Gasteiger partial charge in [-0.2, -0.15) is 0 Å². The molecule has 28 heavy (non-hydrogen) atoms. The van der Waals surface area contributed by atoms with Gasteiger partial charge >= 0.3 is 0 Å². The summed E-state index contributed by atoms with van der Waals surface area (Å²) >= 11 is 0. The number of nitrogens with one attached hydrogen (secondary N) is 2. The van der Waals surface area contributed by atoms with E-state index in [4.69, 9.17) is 0 Å². The minimum Gasteiger partial charge on any atom is -0.355 e. The van der Waals surface area contributed by atoms with Crippen LogP contribution in [0.3, 0.4) is 0 Å². The highest BCUT2D eigenvalue weighted by molar-refractivity contribution is 14.0. The standard InChI is InChI=1S/C20H30FN5O.HI/c1-22-19(26-8-4-7-20(14-26)10-18(27)24-13-20)23-11-15-5-6-17(21)16(9-15)12-25(2)3;/h5-6,9H,4,7-8,10-14H2,1-3H3,(H,22,23)(H,24,27);1H. The number of nitrogens with zero attached hydrogens (tertiary/aromatic N) is 3. The van der Waals surface area contributed by atoms with Gasteiger partial charge in [-0.05, 0) is 44.6 Å². The van der Waals surface area contributed by atoms with Gasteiger partial charge in [0, 0.05) is 57.2 Å². The number of hydrogen-bond acceptors (Lipinski definition) is 3. The number of hydrogen-bond donors (Lipinski definition) is 2. The number of halogens is 2. The number of likely N-dealkylation sites (tertiary alicyclic amines) is 1. The highest BCUT2D eigenvalue weighted by atomic mass is 127. The maximum absolute atomic E-state index is 14.0. The third kappa shape index (κ3) is 5.56. The summed E-state index contributed by atoms with van der Waals surface area (Å²) in [6.07, 6.45) is 2.73. The van der Waals surface area contributed by atoms with Crippen molar-refractivity contribution in [2.45, 2.75) is 32.4 Å². The first-order valence-electron chi connectivity index (χ1n) is 9.55. The second-order valence-electron chi connectivity index (χ2n) is 8.04. The Bertz CT molecular complexity index is 727. The van der Waals surface area contributed by atoms with Gasteiger partial charge in [0.2, 0.25) is 5.91 Å². The molecule has 1 aromatic rings. The second-order valence-corrected chi connectivity index (χ2v) is 8.04. The number of piperidine rings is 1.